The Morgan fingerprint density at radius 2 is 2.00 bits per heavy atom. The maximum absolute atomic E-state index is 12.3. The second-order valence-electron chi connectivity index (χ2n) is 5.48. The average molecular weight is 302 g/mol. The van der Waals surface area contributed by atoms with Gasteiger partial charge in [0.15, 0.2) is 0 Å². The molecule has 1 aromatic rings. The molecule has 3 N–H and O–H groups in total. The molecule has 1 aliphatic rings. The van der Waals surface area contributed by atoms with Crippen molar-refractivity contribution in [1.82, 2.24) is 10.3 Å². The molecule has 0 saturated carbocycles. The van der Waals surface area contributed by atoms with Crippen molar-refractivity contribution in [3.8, 4) is 0 Å². The fourth-order valence-electron chi connectivity index (χ4n) is 2.15. The molecule has 1 aromatic carbocycles. The summed E-state index contributed by atoms with van der Waals surface area (Å²) in [6, 6.07) is 4.05. The highest BCUT2D eigenvalue weighted by atomic mass is 16.2. The molecule has 0 radical (unpaired) electrons. The van der Waals surface area contributed by atoms with Gasteiger partial charge in [-0.2, -0.15) is 5.10 Å². The van der Waals surface area contributed by atoms with E-state index in [4.69, 9.17) is 5.73 Å². The van der Waals surface area contributed by atoms with Gasteiger partial charge in [-0.1, -0.05) is 19.9 Å². The van der Waals surface area contributed by atoms with E-state index in [-0.39, 0.29) is 11.8 Å². The van der Waals surface area contributed by atoms with Gasteiger partial charge in [-0.25, -0.2) is 10.2 Å². The zero-order chi connectivity index (χ0) is 16.3. The first kappa shape index (κ1) is 15.7. The number of carbonyl (C=O) groups excluding carboxylic acids is 3. The first-order chi connectivity index (χ1) is 10.4. The number of carbonyl (C=O) groups is 3. The summed E-state index contributed by atoms with van der Waals surface area (Å²) in [5.41, 5.74) is 8.31. The van der Waals surface area contributed by atoms with Gasteiger partial charge < -0.3 is 5.73 Å². The molecule has 0 fully saturated rings. The van der Waals surface area contributed by atoms with Gasteiger partial charge >= 0.3 is 6.03 Å². The normalized spacial score (nSPS) is 14.0. The van der Waals surface area contributed by atoms with Gasteiger partial charge in [0.05, 0.1) is 17.3 Å². The number of nitrogens with zero attached hydrogens (tertiary/aromatic N) is 2. The lowest BCUT2D eigenvalue weighted by atomic mass is 10.1. The van der Waals surface area contributed by atoms with Crippen LogP contribution in [-0.2, 0) is 0 Å². The summed E-state index contributed by atoms with van der Waals surface area (Å²) in [6.45, 7) is 4.49. The maximum atomic E-state index is 12.3. The lowest BCUT2D eigenvalue weighted by Gasteiger charge is -2.14. The lowest BCUT2D eigenvalue weighted by molar-refractivity contribution is 0.0648. The van der Waals surface area contributed by atoms with E-state index in [2.05, 4.69) is 10.5 Å². The third-order valence-corrected chi connectivity index (χ3v) is 3.31. The van der Waals surface area contributed by atoms with Crippen molar-refractivity contribution >= 4 is 24.1 Å². The van der Waals surface area contributed by atoms with Crippen molar-refractivity contribution in [1.29, 1.82) is 0 Å². The molecule has 0 saturated heterocycles. The van der Waals surface area contributed by atoms with Gasteiger partial charge in [-0.3, -0.25) is 14.5 Å². The zero-order valence-electron chi connectivity index (χ0n) is 12.5. The SMILES string of the molecule is CC(C)CCN1C(=O)c2ccc(C=NNC(N)=O)cc2C1=O. The van der Waals surface area contributed by atoms with Crippen molar-refractivity contribution in [3.05, 3.63) is 34.9 Å². The Morgan fingerprint density at radius 3 is 2.64 bits per heavy atom. The second-order valence-corrected chi connectivity index (χ2v) is 5.48. The van der Waals surface area contributed by atoms with Gasteiger partial charge in [0.2, 0.25) is 0 Å². The third-order valence-electron chi connectivity index (χ3n) is 3.31. The first-order valence-electron chi connectivity index (χ1n) is 6.99. The Bertz CT molecular complexity index is 652. The predicted octanol–water partition coefficient (Wildman–Crippen LogP) is 1.33. The number of primary amides is 1. The highest BCUT2D eigenvalue weighted by molar-refractivity contribution is 6.21. The maximum Gasteiger partial charge on any atom is 0.332 e. The van der Waals surface area contributed by atoms with Crippen LogP contribution in [-0.4, -0.2) is 35.5 Å². The van der Waals surface area contributed by atoms with Crippen LogP contribution >= 0.6 is 0 Å². The standard InChI is InChI=1S/C15H18N4O3/c1-9(2)5-6-19-13(20)11-4-3-10(7-12(11)14(19)21)8-17-18-15(16)22/h3-4,7-9H,5-6H2,1-2H3,(H3,16,18,22). The summed E-state index contributed by atoms with van der Waals surface area (Å²) in [6.07, 6.45) is 2.13. The van der Waals surface area contributed by atoms with Crippen molar-refractivity contribution in [2.24, 2.45) is 16.8 Å². The monoisotopic (exact) mass is 302 g/mol. The topological polar surface area (TPSA) is 105 Å². The van der Waals surface area contributed by atoms with Crippen LogP contribution in [0, 0.1) is 5.92 Å². The largest absolute Gasteiger partial charge is 0.350 e. The number of nitrogens with one attached hydrogen (secondary N) is 1. The molecule has 7 nitrogen and oxygen atoms in total. The summed E-state index contributed by atoms with van der Waals surface area (Å²) in [5, 5.41) is 3.63. The van der Waals surface area contributed by atoms with Crippen LogP contribution in [0.3, 0.4) is 0 Å². The minimum atomic E-state index is -0.775. The number of fused-ring (bicyclic) bond motifs is 1. The van der Waals surface area contributed by atoms with E-state index < -0.39 is 6.03 Å². The number of hydrogen-bond acceptors (Lipinski definition) is 4. The highest BCUT2D eigenvalue weighted by Gasteiger charge is 2.35. The zero-order valence-corrected chi connectivity index (χ0v) is 12.5. The number of hydrogen-bond donors (Lipinski definition) is 2. The molecule has 1 heterocycles. The Morgan fingerprint density at radius 1 is 1.32 bits per heavy atom. The molecule has 0 spiro atoms. The number of rotatable bonds is 5. The minimum Gasteiger partial charge on any atom is -0.350 e. The summed E-state index contributed by atoms with van der Waals surface area (Å²) in [7, 11) is 0. The van der Waals surface area contributed by atoms with E-state index in [1.54, 1.807) is 18.2 Å². The summed E-state index contributed by atoms with van der Waals surface area (Å²) in [5.74, 6) is -0.148. The second kappa shape index (κ2) is 6.38. The van der Waals surface area contributed by atoms with Crippen LogP contribution in [0.2, 0.25) is 0 Å². The van der Waals surface area contributed by atoms with E-state index in [9.17, 15) is 14.4 Å². The molecule has 7 heteroatoms. The van der Waals surface area contributed by atoms with Gasteiger partial charge in [0.25, 0.3) is 11.8 Å². The van der Waals surface area contributed by atoms with Crippen LogP contribution in [0.4, 0.5) is 4.79 Å². The molecule has 2 rings (SSSR count). The summed E-state index contributed by atoms with van der Waals surface area (Å²) >= 11 is 0. The number of nitrogens with two attached hydrogens (primary N) is 1. The first-order valence-corrected chi connectivity index (χ1v) is 6.99. The molecule has 1 aliphatic heterocycles. The van der Waals surface area contributed by atoms with Crippen molar-refractivity contribution < 1.29 is 14.4 Å². The molecule has 4 amide bonds. The van der Waals surface area contributed by atoms with Crippen molar-refractivity contribution in [3.63, 3.8) is 0 Å². The molecule has 0 aromatic heterocycles. The van der Waals surface area contributed by atoms with Gasteiger partial charge in [-0.15, -0.1) is 0 Å². The Balaban J connectivity index is 2.19. The van der Waals surface area contributed by atoms with Crippen LogP contribution in [0.1, 0.15) is 46.5 Å². The number of amides is 4. The molecule has 22 heavy (non-hydrogen) atoms. The molecular formula is C15H18N4O3. The van der Waals surface area contributed by atoms with Gasteiger partial charge in [0, 0.05) is 6.54 Å². The smallest absolute Gasteiger partial charge is 0.332 e. The number of hydrazone groups is 1. The van der Waals surface area contributed by atoms with E-state index in [0.717, 1.165) is 6.42 Å². The highest BCUT2D eigenvalue weighted by Crippen LogP contribution is 2.24. The number of imide groups is 1. The Kier molecular flexibility index (Phi) is 4.55. The van der Waals surface area contributed by atoms with E-state index in [1.165, 1.54) is 11.1 Å². The lowest BCUT2D eigenvalue weighted by Crippen LogP contribution is -2.31. The Labute approximate surface area is 128 Å². The quantitative estimate of drug-likeness (QED) is 0.487. The molecule has 0 bridgehead atoms. The summed E-state index contributed by atoms with van der Waals surface area (Å²) in [4.78, 5) is 36.4. The van der Waals surface area contributed by atoms with Crippen LogP contribution in [0.5, 0.6) is 0 Å². The van der Waals surface area contributed by atoms with E-state index >= 15 is 0 Å². The number of urea groups is 1. The fraction of sp³-hybridized carbons (Fsp3) is 0.333. The molecule has 0 unspecified atom stereocenters. The molecule has 0 aliphatic carbocycles. The minimum absolute atomic E-state index is 0.264. The van der Waals surface area contributed by atoms with Crippen LogP contribution < -0.4 is 11.2 Å². The molecule has 0 atom stereocenters. The summed E-state index contributed by atoms with van der Waals surface area (Å²) < 4.78 is 0. The van der Waals surface area contributed by atoms with Crippen molar-refractivity contribution in [2.45, 2.75) is 20.3 Å². The third kappa shape index (κ3) is 3.30. The van der Waals surface area contributed by atoms with E-state index in [1.807, 2.05) is 13.8 Å². The van der Waals surface area contributed by atoms with Gasteiger partial charge in [0.1, 0.15) is 0 Å². The predicted molar refractivity (Wildman–Crippen MR) is 81.6 cm³/mol. The molecule has 116 valence electrons. The fourth-order valence-corrected chi connectivity index (χ4v) is 2.15. The Hall–Kier alpha value is -2.70. The van der Waals surface area contributed by atoms with Crippen LogP contribution in [0.25, 0.3) is 0 Å². The van der Waals surface area contributed by atoms with Gasteiger partial charge in [-0.05, 0) is 30.0 Å². The van der Waals surface area contributed by atoms with Crippen molar-refractivity contribution in [2.75, 3.05) is 6.54 Å². The average Bonchev–Trinajstić information content (AvgIpc) is 2.68. The molecular weight excluding hydrogens is 284 g/mol. The van der Waals surface area contributed by atoms with Crippen LogP contribution in [0.15, 0.2) is 23.3 Å². The number of benzene rings is 1. The van der Waals surface area contributed by atoms with E-state index in [0.29, 0.717) is 29.2 Å².